The first-order valence-corrected chi connectivity index (χ1v) is 12.6. The van der Waals surface area contributed by atoms with Crippen molar-refractivity contribution in [2.45, 2.75) is 31.2 Å². The number of benzene rings is 3. The molecule has 0 saturated carbocycles. The lowest BCUT2D eigenvalue weighted by atomic mass is 10.1. The van der Waals surface area contributed by atoms with Gasteiger partial charge in [-0.15, -0.1) is 0 Å². The van der Waals surface area contributed by atoms with Crippen molar-refractivity contribution in [3.8, 4) is 0 Å². The Balaban J connectivity index is 1.90. The molecule has 0 aromatic heterocycles. The predicted octanol–water partition coefficient (Wildman–Crippen LogP) is 4.70. The smallest absolute Gasteiger partial charge is 0.264 e. The Morgan fingerprint density at radius 3 is 2.32 bits per heavy atom. The van der Waals surface area contributed by atoms with E-state index in [1.165, 1.54) is 18.2 Å². The predicted molar refractivity (Wildman–Crippen MR) is 135 cm³/mol. The lowest BCUT2D eigenvalue weighted by molar-refractivity contribution is -0.114. The lowest BCUT2D eigenvalue weighted by Gasteiger charge is -2.24. The van der Waals surface area contributed by atoms with Crippen LogP contribution < -0.4 is 14.9 Å². The number of carbonyl (C=O) groups excluding carboxylic acids is 2. The molecule has 0 aliphatic heterocycles. The fourth-order valence-electron chi connectivity index (χ4n) is 3.18. The second kappa shape index (κ2) is 11.2. The summed E-state index contributed by atoms with van der Waals surface area (Å²) < 4.78 is 27.8. The molecule has 2 amide bonds. The molecular weight excluding hydrogens is 474 g/mol. The highest BCUT2D eigenvalue weighted by atomic mass is 35.5. The fourth-order valence-corrected chi connectivity index (χ4v) is 4.80. The van der Waals surface area contributed by atoms with Crippen LogP contribution in [-0.4, -0.2) is 32.8 Å². The van der Waals surface area contributed by atoms with Crippen LogP contribution in [0.3, 0.4) is 0 Å². The van der Waals surface area contributed by atoms with Gasteiger partial charge in [-0.25, -0.2) is 8.42 Å². The van der Waals surface area contributed by atoms with E-state index in [0.717, 1.165) is 10.7 Å². The summed E-state index contributed by atoms with van der Waals surface area (Å²) in [6.07, 6.45) is 0.756. The molecule has 34 heavy (non-hydrogen) atoms. The van der Waals surface area contributed by atoms with Crippen LogP contribution in [0.4, 0.5) is 11.4 Å². The SMILES string of the molecule is CC[C@@H](C)NC(=O)c1ccccc1NC(=O)CN(c1cccc(Cl)c1)S(=O)(=O)c1ccccc1. The first-order valence-electron chi connectivity index (χ1n) is 10.8. The van der Waals surface area contributed by atoms with Crippen molar-refractivity contribution >= 4 is 44.8 Å². The summed E-state index contributed by atoms with van der Waals surface area (Å²) in [5.41, 5.74) is 0.821. The van der Waals surface area contributed by atoms with Crippen LogP contribution in [-0.2, 0) is 14.8 Å². The van der Waals surface area contributed by atoms with Gasteiger partial charge in [0, 0.05) is 11.1 Å². The molecule has 3 rings (SSSR count). The normalized spacial score (nSPS) is 12.0. The summed E-state index contributed by atoms with van der Waals surface area (Å²) in [6.45, 7) is 3.32. The number of hydrogen-bond acceptors (Lipinski definition) is 4. The lowest BCUT2D eigenvalue weighted by Crippen LogP contribution is -2.38. The molecule has 0 spiro atoms. The van der Waals surface area contributed by atoms with E-state index >= 15 is 0 Å². The molecule has 0 heterocycles. The average Bonchev–Trinajstić information content (AvgIpc) is 2.83. The van der Waals surface area contributed by atoms with Gasteiger partial charge in [0.15, 0.2) is 0 Å². The van der Waals surface area contributed by atoms with Crippen molar-refractivity contribution in [2.75, 3.05) is 16.2 Å². The van der Waals surface area contributed by atoms with E-state index in [1.54, 1.807) is 60.7 Å². The van der Waals surface area contributed by atoms with Crippen LogP contribution in [0.1, 0.15) is 30.6 Å². The molecule has 0 bridgehead atoms. The molecule has 9 heteroatoms. The van der Waals surface area contributed by atoms with E-state index in [0.29, 0.717) is 5.02 Å². The number of para-hydroxylation sites is 1. The Hall–Kier alpha value is -3.36. The highest BCUT2D eigenvalue weighted by Gasteiger charge is 2.27. The number of amides is 2. The summed E-state index contributed by atoms with van der Waals surface area (Å²) in [7, 11) is -4.07. The van der Waals surface area contributed by atoms with Gasteiger partial charge in [-0.1, -0.05) is 54.9 Å². The van der Waals surface area contributed by atoms with Crippen LogP contribution in [0.2, 0.25) is 5.02 Å². The van der Waals surface area contributed by atoms with Gasteiger partial charge in [-0.3, -0.25) is 13.9 Å². The Morgan fingerprint density at radius 2 is 1.65 bits per heavy atom. The molecule has 0 aliphatic rings. The van der Waals surface area contributed by atoms with Crippen LogP contribution in [0.15, 0.2) is 83.8 Å². The van der Waals surface area contributed by atoms with Crippen LogP contribution in [0.25, 0.3) is 0 Å². The van der Waals surface area contributed by atoms with Crippen molar-refractivity contribution in [1.29, 1.82) is 0 Å². The molecule has 178 valence electrons. The number of anilines is 2. The van der Waals surface area contributed by atoms with E-state index in [-0.39, 0.29) is 33.8 Å². The Morgan fingerprint density at radius 1 is 0.971 bits per heavy atom. The third kappa shape index (κ3) is 6.15. The minimum absolute atomic E-state index is 0.0365. The third-order valence-electron chi connectivity index (χ3n) is 5.15. The monoisotopic (exact) mass is 499 g/mol. The van der Waals surface area contributed by atoms with Gasteiger partial charge in [-0.2, -0.15) is 0 Å². The van der Waals surface area contributed by atoms with Gasteiger partial charge < -0.3 is 10.6 Å². The first-order chi connectivity index (χ1) is 16.2. The zero-order chi connectivity index (χ0) is 24.7. The van der Waals surface area contributed by atoms with Crippen molar-refractivity contribution in [1.82, 2.24) is 5.32 Å². The number of nitrogens with one attached hydrogen (secondary N) is 2. The summed E-state index contributed by atoms with van der Waals surface area (Å²) >= 11 is 6.09. The van der Waals surface area contributed by atoms with E-state index in [4.69, 9.17) is 11.6 Å². The molecule has 0 fully saturated rings. The largest absolute Gasteiger partial charge is 0.350 e. The molecule has 0 radical (unpaired) electrons. The van der Waals surface area contributed by atoms with Crippen LogP contribution in [0.5, 0.6) is 0 Å². The van der Waals surface area contributed by atoms with E-state index in [1.807, 2.05) is 13.8 Å². The number of sulfonamides is 1. The quantitative estimate of drug-likeness (QED) is 0.446. The van der Waals surface area contributed by atoms with Crippen molar-refractivity contribution in [3.63, 3.8) is 0 Å². The zero-order valence-electron chi connectivity index (χ0n) is 18.9. The summed E-state index contributed by atoms with van der Waals surface area (Å²) in [5.74, 6) is -0.933. The molecule has 0 aliphatic carbocycles. The molecule has 0 unspecified atom stereocenters. The van der Waals surface area contributed by atoms with E-state index < -0.39 is 22.5 Å². The molecule has 3 aromatic carbocycles. The standard InChI is InChI=1S/C25H26ClN3O4S/c1-3-18(2)27-25(31)22-14-7-8-15-23(22)28-24(30)17-29(20-11-9-10-19(26)16-20)34(32,33)21-12-5-4-6-13-21/h4-16,18H,3,17H2,1-2H3,(H,27,31)(H,28,30)/t18-/m1/s1. The van der Waals surface area contributed by atoms with Gasteiger partial charge in [0.25, 0.3) is 15.9 Å². The molecule has 7 nitrogen and oxygen atoms in total. The maximum absolute atomic E-state index is 13.4. The maximum atomic E-state index is 13.4. The number of hydrogen-bond donors (Lipinski definition) is 2. The third-order valence-corrected chi connectivity index (χ3v) is 7.17. The summed E-state index contributed by atoms with van der Waals surface area (Å²) in [5, 5.41) is 5.88. The van der Waals surface area contributed by atoms with Crippen molar-refractivity contribution < 1.29 is 18.0 Å². The van der Waals surface area contributed by atoms with Crippen molar-refractivity contribution in [3.05, 3.63) is 89.4 Å². The Labute approximate surface area is 204 Å². The molecular formula is C25H26ClN3O4S. The molecule has 2 N–H and O–H groups in total. The highest BCUT2D eigenvalue weighted by Crippen LogP contribution is 2.26. The molecule has 0 saturated heterocycles. The second-order valence-corrected chi connectivity index (χ2v) is 9.98. The Bertz CT molecular complexity index is 1270. The van der Waals surface area contributed by atoms with Crippen molar-refractivity contribution in [2.24, 2.45) is 0 Å². The van der Waals surface area contributed by atoms with Gasteiger partial charge in [-0.05, 0) is 55.8 Å². The van der Waals surface area contributed by atoms with Gasteiger partial charge in [0.1, 0.15) is 6.54 Å². The first kappa shape index (κ1) is 25.3. The summed E-state index contributed by atoms with van der Waals surface area (Å²) in [4.78, 5) is 25.7. The Kier molecular flexibility index (Phi) is 8.31. The van der Waals surface area contributed by atoms with Crippen LogP contribution in [0, 0.1) is 0 Å². The summed E-state index contributed by atoms with van der Waals surface area (Å²) in [6, 6.07) is 20.6. The second-order valence-electron chi connectivity index (χ2n) is 7.68. The number of halogens is 1. The minimum Gasteiger partial charge on any atom is -0.350 e. The topological polar surface area (TPSA) is 95.6 Å². The van der Waals surface area contributed by atoms with Gasteiger partial charge in [0.2, 0.25) is 5.91 Å². The minimum atomic E-state index is -4.07. The van der Waals surface area contributed by atoms with Gasteiger partial charge >= 0.3 is 0 Å². The fraction of sp³-hybridized carbons (Fsp3) is 0.200. The zero-order valence-corrected chi connectivity index (χ0v) is 20.4. The highest BCUT2D eigenvalue weighted by molar-refractivity contribution is 7.92. The number of rotatable bonds is 9. The van der Waals surface area contributed by atoms with E-state index in [2.05, 4.69) is 10.6 Å². The van der Waals surface area contributed by atoms with Gasteiger partial charge in [0.05, 0.1) is 21.8 Å². The molecule has 3 aromatic rings. The number of nitrogens with zero attached hydrogens (tertiary/aromatic N) is 1. The van der Waals surface area contributed by atoms with Crippen LogP contribution >= 0.6 is 11.6 Å². The van der Waals surface area contributed by atoms with E-state index in [9.17, 15) is 18.0 Å². The molecule has 1 atom stereocenters. The number of carbonyl (C=O) groups is 2. The maximum Gasteiger partial charge on any atom is 0.264 e. The average molecular weight is 500 g/mol.